The van der Waals surface area contributed by atoms with E-state index in [0.29, 0.717) is 12.5 Å². The molecule has 2 aliphatic rings. The third-order valence-electron chi connectivity index (χ3n) is 5.69. The molecule has 0 spiro atoms. The van der Waals surface area contributed by atoms with Crippen LogP contribution in [0, 0.1) is 0 Å². The summed E-state index contributed by atoms with van der Waals surface area (Å²) in [5, 5.41) is 3.39. The van der Waals surface area contributed by atoms with E-state index in [0.717, 1.165) is 62.7 Å². The maximum atomic E-state index is 11.6. The van der Waals surface area contributed by atoms with Crippen molar-refractivity contribution >= 4 is 16.3 Å². The number of rotatable bonds is 9. The second-order valence-corrected chi connectivity index (χ2v) is 9.68. The van der Waals surface area contributed by atoms with Gasteiger partial charge in [-0.05, 0) is 57.1 Å². The number of piperidine rings is 1. The second-order valence-electron chi connectivity index (χ2n) is 7.90. The first-order valence-electron chi connectivity index (χ1n) is 10.3. The summed E-state index contributed by atoms with van der Waals surface area (Å²) in [5.41, 5.74) is 1.05. The number of pyridine rings is 1. The van der Waals surface area contributed by atoms with Gasteiger partial charge in [0.25, 0.3) is 0 Å². The SMILES string of the molecule is CS(=O)(=O)N[C@H]1CCCN[C@H]1CO[C@H]1CC[C@@H](c2cnccc2OCC=O)CC1. The highest BCUT2D eigenvalue weighted by molar-refractivity contribution is 7.88. The Labute approximate surface area is 172 Å². The van der Waals surface area contributed by atoms with E-state index in [2.05, 4.69) is 15.0 Å². The third-order valence-corrected chi connectivity index (χ3v) is 6.42. The highest BCUT2D eigenvalue weighted by Gasteiger charge is 2.30. The molecule has 3 rings (SSSR count). The predicted octanol–water partition coefficient (Wildman–Crippen LogP) is 1.37. The van der Waals surface area contributed by atoms with E-state index < -0.39 is 10.0 Å². The normalized spacial score (nSPS) is 28.0. The van der Waals surface area contributed by atoms with Crippen LogP contribution in [-0.4, -0.2) is 63.9 Å². The van der Waals surface area contributed by atoms with Crippen molar-refractivity contribution < 1.29 is 22.7 Å². The molecule has 1 saturated heterocycles. The Hall–Kier alpha value is -1.55. The number of ether oxygens (including phenoxy) is 2. The van der Waals surface area contributed by atoms with Gasteiger partial charge in [-0.15, -0.1) is 0 Å². The van der Waals surface area contributed by atoms with Crippen LogP contribution in [0.1, 0.15) is 50.0 Å². The van der Waals surface area contributed by atoms with Crippen molar-refractivity contribution in [3.8, 4) is 5.75 Å². The van der Waals surface area contributed by atoms with Crippen LogP contribution in [0.25, 0.3) is 0 Å². The molecule has 2 N–H and O–H groups in total. The summed E-state index contributed by atoms with van der Waals surface area (Å²) in [5.74, 6) is 1.08. The maximum Gasteiger partial charge on any atom is 0.209 e. The third kappa shape index (κ3) is 6.74. The van der Waals surface area contributed by atoms with E-state index >= 15 is 0 Å². The molecule has 29 heavy (non-hydrogen) atoms. The Morgan fingerprint density at radius 3 is 2.79 bits per heavy atom. The summed E-state index contributed by atoms with van der Waals surface area (Å²) in [6.07, 6.45) is 11.2. The zero-order valence-electron chi connectivity index (χ0n) is 16.9. The van der Waals surface area contributed by atoms with Crippen molar-refractivity contribution in [2.45, 2.75) is 62.6 Å². The Bertz CT molecular complexity index is 765. The lowest BCUT2D eigenvalue weighted by atomic mass is 9.83. The molecular weight excluding hydrogens is 394 g/mol. The molecule has 1 aliphatic heterocycles. The predicted molar refractivity (Wildman–Crippen MR) is 110 cm³/mol. The number of sulfonamides is 1. The summed E-state index contributed by atoms with van der Waals surface area (Å²) in [6.45, 7) is 1.43. The molecule has 2 heterocycles. The van der Waals surface area contributed by atoms with Gasteiger partial charge in [-0.25, -0.2) is 13.1 Å². The molecule has 0 unspecified atom stereocenters. The fraction of sp³-hybridized carbons (Fsp3) is 0.700. The number of nitrogens with zero attached hydrogens (tertiary/aromatic N) is 1. The molecule has 162 valence electrons. The van der Waals surface area contributed by atoms with E-state index in [4.69, 9.17) is 9.47 Å². The largest absolute Gasteiger partial charge is 0.486 e. The smallest absolute Gasteiger partial charge is 0.209 e. The van der Waals surface area contributed by atoms with Gasteiger partial charge < -0.3 is 14.8 Å². The topological polar surface area (TPSA) is 107 Å². The lowest BCUT2D eigenvalue weighted by Gasteiger charge is -2.35. The fourth-order valence-electron chi connectivity index (χ4n) is 4.28. The molecule has 0 amide bonds. The first-order valence-corrected chi connectivity index (χ1v) is 12.2. The number of carbonyl (C=O) groups is 1. The summed E-state index contributed by atoms with van der Waals surface area (Å²) in [6, 6.07) is 1.69. The van der Waals surface area contributed by atoms with Crippen LogP contribution in [0.5, 0.6) is 5.75 Å². The van der Waals surface area contributed by atoms with Gasteiger partial charge in [0.05, 0.1) is 19.0 Å². The summed E-state index contributed by atoms with van der Waals surface area (Å²) >= 11 is 0. The number of hydrogen-bond donors (Lipinski definition) is 2. The Morgan fingerprint density at radius 2 is 2.07 bits per heavy atom. The molecule has 2 atom stereocenters. The van der Waals surface area contributed by atoms with Crippen molar-refractivity contribution in [2.24, 2.45) is 0 Å². The fourth-order valence-corrected chi connectivity index (χ4v) is 5.11. The number of carbonyl (C=O) groups excluding carboxylic acids is 1. The highest BCUT2D eigenvalue weighted by atomic mass is 32.2. The number of aldehydes is 1. The van der Waals surface area contributed by atoms with Gasteiger partial charge in [0, 0.05) is 30.0 Å². The summed E-state index contributed by atoms with van der Waals surface area (Å²) in [4.78, 5) is 14.8. The molecule has 0 aromatic carbocycles. The van der Waals surface area contributed by atoms with Gasteiger partial charge in [-0.1, -0.05) is 0 Å². The van der Waals surface area contributed by atoms with Gasteiger partial charge in [0.2, 0.25) is 10.0 Å². The number of hydrogen-bond acceptors (Lipinski definition) is 7. The van der Waals surface area contributed by atoms with Crippen molar-refractivity contribution in [2.75, 3.05) is 26.0 Å². The van der Waals surface area contributed by atoms with E-state index in [1.807, 2.05) is 12.3 Å². The first-order chi connectivity index (χ1) is 14.0. The van der Waals surface area contributed by atoms with Gasteiger partial charge in [0.1, 0.15) is 12.4 Å². The van der Waals surface area contributed by atoms with E-state index in [1.165, 1.54) is 6.26 Å². The quantitative estimate of drug-likeness (QED) is 0.576. The van der Waals surface area contributed by atoms with Gasteiger partial charge in [-0.2, -0.15) is 0 Å². The second kappa shape index (κ2) is 10.5. The van der Waals surface area contributed by atoms with Crippen molar-refractivity contribution in [1.82, 2.24) is 15.0 Å². The Kier molecular flexibility index (Phi) is 7.99. The minimum atomic E-state index is -3.23. The minimum absolute atomic E-state index is 0.00198. The van der Waals surface area contributed by atoms with Crippen LogP contribution in [0.3, 0.4) is 0 Å². The average Bonchev–Trinajstić information content (AvgIpc) is 2.71. The van der Waals surface area contributed by atoms with Gasteiger partial charge >= 0.3 is 0 Å². The first kappa shape index (κ1) is 22.1. The lowest BCUT2D eigenvalue weighted by molar-refractivity contribution is -0.109. The molecule has 1 aromatic heterocycles. The molecular formula is C20H31N3O5S. The Morgan fingerprint density at radius 1 is 1.28 bits per heavy atom. The van der Waals surface area contributed by atoms with Gasteiger partial charge in [-0.3, -0.25) is 9.78 Å². The van der Waals surface area contributed by atoms with Crippen molar-refractivity contribution in [1.29, 1.82) is 0 Å². The van der Waals surface area contributed by atoms with E-state index in [1.54, 1.807) is 6.20 Å². The van der Waals surface area contributed by atoms with Crippen LogP contribution in [0.4, 0.5) is 0 Å². The standard InChI is InChI=1S/C20H31N3O5S/c1-29(25,26)23-18-3-2-9-22-19(18)14-28-16-6-4-15(5-7-16)17-13-21-10-8-20(17)27-12-11-24/h8,10-11,13,15-16,18-19,22-23H,2-7,9,12,14H2,1H3/t15-,16+,18-,19-/m0/s1. The van der Waals surface area contributed by atoms with Crippen LogP contribution in [0.15, 0.2) is 18.5 Å². The van der Waals surface area contributed by atoms with Crippen molar-refractivity contribution in [3.05, 3.63) is 24.0 Å². The molecule has 2 fully saturated rings. The Balaban J connectivity index is 1.49. The van der Waals surface area contributed by atoms with Crippen LogP contribution in [-0.2, 0) is 19.6 Å². The lowest BCUT2D eigenvalue weighted by Crippen LogP contribution is -2.55. The molecule has 0 radical (unpaired) electrons. The summed E-state index contributed by atoms with van der Waals surface area (Å²) < 4.78 is 37.6. The summed E-state index contributed by atoms with van der Waals surface area (Å²) in [7, 11) is -3.23. The molecule has 9 heteroatoms. The van der Waals surface area contributed by atoms with Crippen LogP contribution < -0.4 is 14.8 Å². The van der Waals surface area contributed by atoms with E-state index in [9.17, 15) is 13.2 Å². The van der Waals surface area contributed by atoms with Gasteiger partial charge in [0.15, 0.2) is 6.29 Å². The number of nitrogens with one attached hydrogen (secondary N) is 2. The minimum Gasteiger partial charge on any atom is -0.486 e. The average molecular weight is 426 g/mol. The molecule has 8 nitrogen and oxygen atoms in total. The molecule has 1 saturated carbocycles. The van der Waals surface area contributed by atoms with Crippen LogP contribution in [0.2, 0.25) is 0 Å². The van der Waals surface area contributed by atoms with E-state index in [-0.39, 0.29) is 24.8 Å². The molecule has 0 bridgehead atoms. The maximum absolute atomic E-state index is 11.6. The number of aromatic nitrogens is 1. The zero-order chi connectivity index (χ0) is 20.7. The zero-order valence-corrected chi connectivity index (χ0v) is 17.7. The van der Waals surface area contributed by atoms with Crippen molar-refractivity contribution in [3.63, 3.8) is 0 Å². The highest BCUT2D eigenvalue weighted by Crippen LogP contribution is 2.37. The van der Waals surface area contributed by atoms with Crippen LogP contribution >= 0.6 is 0 Å². The molecule has 1 aliphatic carbocycles. The monoisotopic (exact) mass is 425 g/mol. The molecule has 1 aromatic rings.